The van der Waals surface area contributed by atoms with Gasteiger partial charge in [0.15, 0.2) is 5.82 Å². The van der Waals surface area contributed by atoms with E-state index in [4.69, 9.17) is 14.7 Å². The summed E-state index contributed by atoms with van der Waals surface area (Å²) >= 11 is 0. The summed E-state index contributed by atoms with van der Waals surface area (Å²) < 4.78 is 5.26. The van der Waals surface area contributed by atoms with Crippen LogP contribution in [0.15, 0.2) is 48.5 Å². The molecule has 0 N–H and O–H groups in total. The number of fused-ring (bicyclic) bond motifs is 1. The van der Waals surface area contributed by atoms with Crippen LogP contribution < -0.4 is 9.64 Å². The van der Waals surface area contributed by atoms with E-state index in [1.54, 1.807) is 7.11 Å². The normalized spacial score (nSPS) is 15.2. The first kappa shape index (κ1) is 15.9. The van der Waals surface area contributed by atoms with E-state index < -0.39 is 0 Å². The van der Waals surface area contributed by atoms with E-state index in [1.165, 1.54) is 25.7 Å². The summed E-state index contributed by atoms with van der Waals surface area (Å²) in [6.45, 7) is 2.14. The monoisotopic (exact) mass is 333 g/mol. The number of methoxy groups -OCH3 is 1. The first-order valence-corrected chi connectivity index (χ1v) is 9.01. The van der Waals surface area contributed by atoms with E-state index in [1.807, 2.05) is 30.3 Å². The largest absolute Gasteiger partial charge is 0.497 e. The molecule has 0 spiro atoms. The lowest BCUT2D eigenvalue weighted by Gasteiger charge is -2.23. The fourth-order valence-electron chi connectivity index (χ4n) is 3.45. The third kappa shape index (κ3) is 3.29. The van der Waals surface area contributed by atoms with Gasteiger partial charge >= 0.3 is 0 Å². The van der Waals surface area contributed by atoms with Gasteiger partial charge in [0.2, 0.25) is 0 Å². The Labute approximate surface area is 148 Å². The number of rotatable bonds is 3. The summed E-state index contributed by atoms with van der Waals surface area (Å²) in [4.78, 5) is 12.2. The van der Waals surface area contributed by atoms with Crippen LogP contribution in [0.1, 0.15) is 25.7 Å². The Morgan fingerprint density at radius 2 is 1.56 bits per heavy atom. The van der Waals surface area contributed by atoms with E-state index in [0.29, 0.717) is 0 Å². The molecule has 0 aliphatic carbocycles. The van der Waals surface area contributed by atoms with Gasteiger partial charge in [-0.2, -0.15) is 0 Å². The van der Waals surface area contributed by atoms with E-state index in [0.717, 1.165) is 46.9 Å². The molecule has 2 heterocycles. The van der Waals surface area contributed by atoms with E-state index in [2.05, 4.69) is 23.1 Å². The second kappa shape index (κ2) is 7.09. The lowest BCUT2D eigenvalue weighted by atomic mass is 10.1. The third-order valence-corrected chi connectivity index (χ3v) is 4.84. The van der Waals surface area contributed by atoms with Crippen LogP contribution in [0, 0.1) is 0 Å². The number of hydrogen-bond acceptors (Lipinski definition) is 4. The van der Waals surface area contributed by atoms with Gasteiger partial charge in [-0.25, -0.2) is 9.97 Å². The highest BCUT2D eigenvalue weighted by Crippen LogP contribution is 2.29. The van der Waals surface area contributed by atoms with Crippen LogP contribution in [0.3, 0.4) is 0 Å². The zero-order chi connectivity index (χ0) is 17.1. The molecule has 3 aromatic rings. The lowest BCUT2D eigenvalue weighted by molar-refractivity contribution is 0.415. The van der Waals surface area contributed by atoms with Gasteiger partial charge in [-0.15, -0.1) is 0 Å². The summed E-state index contributed by atoms with van der Waals surface area (Å²) in [6.07, 6.45) is 5.09. The van der Waals surface area contributed by atoms with Gasteiger partial charge in [0.05, 0.1) is 12.6 Å². The standard InChI is InChI=1S/C21H23N3O/c1-25-17-12-10-16(11-13-17)20-22-19-9-5-4-8-18(19)21(23-20)24-14-6-2-3-7-15-24/h4-5,8-13H,2-3,6-7,14-15H2,1H3. The highest BCUT2D eigenvalue weighted by atomic mass is 16.5. The Balaban J connectivity index is 1.82. The Hall–Kier alpha value is -2.62. The molecule has 0 atom stereocenters. The molecule has 4 nitrogen and oxygen atoms in total. The van der Waals surface area contributed by atoms with Crippen LogP contribution in [0.4, 0.5) is 5.82 Å². The lowest BCUT2D eigenvalue weighted by Crippen LogP contribution is -2.25. The molecular formula is C21H23N3O. The molecule has 0 amide bonds. The van der Waals surface area contributed by atoms with Crippen LogP contribution >= 0.6 is 0 Å². The Bertz CT molecular complexity index is 853. The van der Waals surface area contributed by atoms with Crippen LogP contribution in [-0.2, 0) is 0 Å². The smallest absolute Gasteiger partial charge is 0.162 e. The predicted molar refractivity (Wildman–Crippen MR) is 102 cm³/mol. The molecule has 0 bridgehead atoms. The minimum atomic E-state index is 0.778. The van der Waals surface area contributed by atoms with E-state index in [-0.39, 0.29) is 0 Å². The van der Waals surface area contributed by atoms with Gasteiger partial charge in [0.1, 0.15) is 11.6 Å². The number of ether oxygens (including phenoxy) is 1. The fourth-order valence-corrected chi connectivity index (χ4v) is 3.45. The summed E-state index contributed by atoms with van der Waals surface area (Å²) in [5.41, 5.74) is 2.02. The zero-order valence-corrected chi connectivity index (χ0v) is 14.6. The number of aromatic nitrogens is 2. The molecule has 4 heteroatoms. The molecule has 1 aliphatic heterocycles. The quantitative estimate of drug-likeness (QED) is 0.697. The van der Waals surface area contributed by atoms with E-state index in [9.17, 15) is 0 Å². The highest BCUT2D eigenvalue weighted by molar-refractivity contribution is 5.91. The molecule has 1 saturated heterocycles. The molecule has 4 rings (SSSR count). The SMILES string of the molecule is COc1ccc(-c2nc(N3CCCCCC3)c3ccccc3n2)cc1. The first-order valence-electron chi connectivity index (χ1n) is 9.01. The molecule has 25 heavy (non-hydrogen) atoms. The van der Waals surface area contributed by atoms with Crippen molar-refractivity contribution in [3.63, 3.8) is 0 Å². The van der Waals surface area contributed by atoms with Crippen molar-refractivity contribution in [1.82, 2.24) is 9.97 Å². The molecule has 1 aliphatic rings. The van der Waals surface area contributed by atoms with Gasteiger partial charge in [-0.05, 0) is 49.2 Å². The number of nitrogens with zero attached hydrogens (tertiary/aromatic N) is 3. The van der Waals surface area contributed by atoms with Gasteiger partial charge in [-0.1, -0.05) is 25.0 Å². The molecule has 0 unspecified atom stereocenters. The zero-order valence-electron chi connectivity index (χ0n) is 14.6. The number of hydrogen-bond donors (Lipinski definition) is 0. The Morgan fingerprint density at radius 3 is 2.28 bits per heavy atom. The van der Waals surface area contributed by atoms with Gasteiger partial charge in [0.25, 0.3) is 0 Å². The topological polar surface area (TPSA) is 38.2 Å². The average Bonchev–Trinajstić information content (AvgIpc) is 2.96. The Kier molecular flexibility index (Phi) is 4.51. The van der Waals surface area contributed by atoms with Gasteiger partial charge in [-0.3, -0.25) is 0 Å². The summed E-state index contributed by atoms with van der Waals surface area (Å²) in [7, 11) is 1.68. The molecule has 1 fully saturated rings. The number of anilines is 1. The van der Waals surface area contributed by atoms with Crippen molar-refractivity contribution in [2.75, 3.05) is 25.1 Å². The summed E-state index contributed by atoms with van der Waals surface area (Å²) in [5, 5.41) is 1.14. The van der Waals surface area contributed by atoms with Crippen molar-refractivity contribution in [2.24, 2.45) is 0 Å². The molecule has 0 radical (unpaired) electrons. The minimum Gasteiger partial charge on any atom is -0.497 e. The average molecular weight is 333 g/mol. The predicted octanol–water partition coefficient (Wildman–Crippen LogP) is 4.69. The molecular weight excluding hydrogens is 310 g/mol. The van der Waals surface area contributed by atoms with Crippen molar-refractivity contribution in [2.45, 2.75) is 25.7 Å². The molecule has 128 valence electrons. The molecule has 0 saturated carbocycles. The van der Waals surface area contributed by atoms with Crippen molar-refractivity contribution in [1.29, 1.82) is 0 Å². The minimum absolute atomic E-state index is 0.778. The van der Waals surface area contributed by atoms with Crippen LogP contribution in [0.5, 0.6) is 5.75 Å². The van der Waals surface area contributed by atoms with Gasteiger partial charge in [0, 0.05) is 24.0 Å². The molecule has 2 aromatic carbocycles. The van der Waals surface area contributed by atoms with E-state index >= 15 is 0 Å². The van der Waals surface area contributed by atoms with Crippen LogP contribution in [0.2, 0.25) is 0 Å². The third-order valence-electron chi connectivity index (χ3n) is 4.84. The number of benzene rings is 2. The summed E-state index contributed by atoms with van der Waals surface area (Å²) in [5.74, 6) is 2.69. The maximum atomic E-state index is 5.26. The van der Waals surface area contributed by atoms with Crippen molar-refractivity contribution in [3.8, 4) is 17.1 Å². The summed E-state index contributed by atoms with van der Waals surface area (Å²) in [6, 6.07) is 16.3. The van der Waals surface area contributed by atoms with Gasteiger partial charge < -0.3 is 9.64 Å². The first-order chi connectivity index (χ1) is 12.3. The van der Waals surface area contributed by atoms with Crippen LogP contribution in [-0.4, -0.2) is 30.2 Å². The number of para-hydroxylation sites is 1. The molecule has 1 aromatic heterocycles. The highest BCUT2D eigenvalue weighted by Gasteiger charge is 2.16. The second-order valence-electron chi connectivity index (χ2n) is 6.52. The van der Waals surface area contributed by atoms with Crippen molar-refractivity contribution < 1.29 is 4.74 Å². The maximum absolute atomic E-state index is 5.26. The fraction of sp³-hybridized carbons (Fsp3) is 0.333. The Morgan fingerprint density at radius 1 is 0.840 bits per heavy atom. The van der Waals surface area contributed by atoms with Crippen molar-refractivity contribution >= 4 is 16.7 Å². The van der Waals surface area contributed by atoms with Crippen molar-refractivity contribution in [3.05, 3.63) is 48.5 Å². The maximum Gasteiger partial charge on any atom is 0.162 e. The van der Waals surface area contributed by atoms with Crippen LogP contribution in [0.25, 0.3) is 22.3 Å². The second-order valence-corrected chi connectivity index (χ2v) is 6.52.